The summed E-state index contributed by atoms with van der Waals surface area (Å²) < 4.78 is 5.32. The van der Waals surface area contributed by atoms with E-state index in [0.29, 0.717) is 19.0 Å². The van der Waals surface area contributed by atoms with Crippen LogP contribution in [-0.2, 0) is 4.74 Å². The van der Waals surface area contributed by atoms with Crippen molar-refractivity contribution in [3.63, 3.8) is 0 Å². The van der Waals surface area contributed by atoms with Crippen LogP contribution in [0.15, 0.2) is 21.8 Å². The Hall–Kier alpha value is -1.03. The molecule has 0 radical (unpaired) electrons. The van der Waals surface area contributed by atoms with Crippen molar-refractivity contribution >= 4 is 47.4 Å². The molecule has 0 aromatic carbocycles. The van der Waals surface area contributed by atoms with Crippen molar-refractivity contribution < 1.29 is 9.53 Å². The molecule has 144 valence electrons. The Morgan fingerprint density at radius 3 is 2.60 bits per heavy atom. The highest BCUT2D eigenvalue weighted by molar-refractivity contribution is 14.0. The lowest BCUT2D eigenvalue weighted by Crippen LogP contribution is -2.43. The molecule has 1 heterocycles. The van der Waals surface area contributed by atoms with Crippen molar-refractivity contribution in [2.24, 2.45) is 4.99 Å². The van der Waals surface area contributed by atoms with Crippen molar-refractivity contribution in [3.8, 4) is 0 Å². The highest BCUT2D eigenvalue weighted by atomic mass is 127. The minimum absolute atomic E-state index is 0. The third-order valence-corrected chi connectivity index (χ3v) is 4.06. The molecule has 2 N–H and O–H groups in total. The first-order valence-corrected chi connectivity index (χ1v) is 9.08. The summed E-state index contributed by atoms with van der Waals surface area (Å²) >= 11 is 1.71. The molecular formula is C17H31IN4O2S. The molecule has 0 aliphatic carbocycles. The number of guanidine groups is 1. The first-order chi connectivity index (χ1) is 11.2. The second-order valence-electron chi connectivity index (χ2n) is 6.74. The summed E-state index contributed by atoms with van der Waals surface area (Å²) in [5.74, 6) is 1.15. The number of carbonyl (C=O) groups excluding carboxylic acids is 1. The Morgan fingerprint density at radius 2 is 2.08 bits per heavy atom. The van der Waals surface area contributed by atoms with Gasteiger partial charge in [-0.05, 0) is 49.1 Å². The SMILES string of the molecule is CN=C(NCCN(C)C(=O)OC(C)(C)C)NCC(C)c1ccsc1.I. The minimum Gasteiger partial charge on any atom is -0.444 e. The molecule has 1 rings (SSSR count). The summed E-state index contributed by atoms with van der Waals surface area (Å²) in [5.41, 5.74) is 0.848. The van der Waals surface area contributed by atoms with Gasteiger partial charge in [0.1, 0.15) is 5.60 Å². The number of amides is 1. The third-order valence-electron chi connectivity index (χ3n) is 3.36. The normalized spacial score (nSPS) is 12.8. The van der Waals surface area contributed by atoms with E-state index < -0.39 is 5.60 Å². The fraction of sp³-hybridized carbons (Fsp3) is 0.647. The van der Waals surface area contributed by atoms with Gasteiger partial charge in [-0.3, -0.25) is 4.99 Å². The lowest BCUT2D eigenvalue weighted by Gasteiger charge is -2.25. The van der Waals surface area contributed by atoms with Crippen LogP contribution in [0.2, 0.25) is 0 Å². The Labute approximate surface area is 172 Å². The van der Waals surface area contributed by atoms with Gasteiger partial charge in [0.2, 0.25) is 0 Å². The summed E-state index contributed by atoms with van der Waals surface area (Å²) in [6.45, 7) is 9.70. The maximum absolute atomic E-state index is 11.9. The molecule has 1 unspecified atom stereocenters. The van der Waals surface area contributed by atoms with E-state index in [0.717, 1.165) is 12.5 Å². The number of aliphatic imine (C=N–C) groups is 1. The molecule has 1 aromatic rings. The van der Waals surface area contributed by atoms with Crippen LogP contribution in [0.1, 0.15) is 39.2 Å². The number of thiophene rings is 1. The molecule has 0 saturated heterocycles. The van der Waals surface area contributed by atoms with Gasteiger partial charge in [-0.15, -0.1) is 24.0 Å². The van der Waals surface area contributed by atoms with Gasteiger partial charge in [0.15, 0.2) is 5.96 Å². The number of carbonyl (C=O) groups is 1. The van der Waals surface area contributed by atoms with Crippen molar-refractivity contribution in [1.82, 2.24) is 15.5 Å². The predicted octanol–water partition coefficient (Wildman–Crippen LogP) is 3.50. The first-order valence-electron chi connectivity index (χ1n) is 8.13. The number of nitrogens with one attached hydrogen (secondary N) is 2. The van der Waals surface area contributed by atoms with Crippen LogP contribution >= 0.6 is 35.3 Å². The van der Waals surface area contributed by atoms with Crippen molar-refractivity contribution in [2.45, 2.75) is 39.2 Å². The number of rotatable bonds is 6. The van der Waals surface area contributed by atoms with Gasteiger partial charge in [-0.1, -0.05) is 6.92 Å². The fourth-order valence-corrected chi connectivity index (χ4v) is 2.70. The summed E-state index contributed by atoms with van der Waals surface area (Å²) in [7, 11) is 3.47. The quantitative estimate of drug-likeness (QED) is 0.370. The third kappa shape index (κ3) is 9.88. The standard InChI is InChI=1S/C17H30N4O2S.HI/c1-13(14-7-10-24-12-14)11-20-15(18-5)19-8-9-21(6)16(22)23-17(2,3)4;/h7,10,12-13H,8-9,11H2,1-6H3,(H2,18,19,20);1H. The summed E-state index contributed by atoms with van der Waals surface area (Å²) in [6, 6.07) is 2.14. The van der Waals surface area contributed by atoms with Crippen molar-refractivity contribution in [2.75, 3.05) is 33.7 Å². The number of hydrogen-bond acceptors (Lipinski definition) is 4. The molecule has 0 bridgehead atoms. The second kappa shape index (κ2) is 11.6. The molecule has 1 atom stereocenters. The van der Waals surface area contributed by atoms with E-state index >= 15 is 0 Å². The largest absolute Gasteiger partial charge is 0.444 e. The second-order valence-corrected chi connectivity index (χ2v) is 7.52. The number of ether oxygens (including phenoxy) is 1. The van der Waals surface area contributed by atoms with Crippen molar-refractivity contribution in [3.05, 3.63) is 22.4 Å². The van der Waals surface area contributed by atoms with E-state index in [-0.39, 0.29) is 30.1 Å². The molecule has 0 aliphatic heterocycles. The molecule has 1 aromatic heterocycles. The highest BCUT2D eigenvalue weighted by Crippen LogP contribution is 2.16. The Balaban J connectivity index is 0.00000576. The average molecular weight is 482 g/mol. The maximum atomic E-state index is 11.9. The zero-order valence-electron chi connectivity index (χ0n) is 16.0. The lowest BCUT2D eigenvalue weighted by atomic mass is 10.1. The van der Waals surface area contributed by atoms with Crippen molar-refractivity contribution in [1.29, 1.82) is 0 Å². The van der Waals surface area contributed by atoms with Gasteiger partial charge < -0.3 is 20.3 Å². The topological polar surface area (TPSA) is 66.0 Å². The van der Waals surface area contributed by atoms with E-state index in [1.807, 2.05) is 20.8 Å². The molecule has 0 saturated carbocycles. The minimum atomic E-state index is -0.478. The predicted molar refractivity (Wildman–Crippen MR) is 116 cm³/mol. The number of likely N-dealkylation sites (N-methyl/N-ethyl adjacent to an activating group) is 1. The molecule has 0 fully saturated rings. The zero-order valence-corrected chi connectivity index (χ0v) is 19.1. The fourth-order valence-electron chi connectivity index (χ4n) is 1.92. The molecule has 25 heavy (non-hydrogen) atoms. The van der Waals surface area contributed by atoms with Crippen LogP contribution < -0.4 is 10.6 Å². The highest BCUT2D eigenvalue weighted by Gasteiger charge is 2.19. The average Bonchev–Trinajstić information content (AvgIpc) is 3.02. The van der Waals surface area contributed by atoms with E-state index in [1.165, 1.54) is 5.56 Å². The summed E-state index contributed by atoms with van der Waals surface area (Å²) in [5, 5.41) is 10.8. The first kappa shape index (κ1) is 24.0. The van der Waals surface area contributed by atoms with Crippen LogP contribution in [0.5, 0.6) is 0 Å². The van der Waals surface area contributed by atoms with Gasteiger partial charge in [-0.2, -0.15) is 11.3 Å². The summed E-state index contributed by atoms with van der Waals surface area (Å²) in [6.07, 6.45) is -0.321. The monoisotopic (exact) mass is 482 g/mol. The van der Waals surface area contributed by atoms with Crippen LogP contribution in [0, 0.1) is 0 Å². The van der Waals surface area contributed by atoms with Crippen LogP contribution in [0.4, 0.5) is 4.79 Å². The molecule has 1 amide bonds. The zero-order chi connectivity index (χ0) is 18.2. The Morgan fingerprint density at radius 1 is 1.40 bits per heavy atom. The van der Waals surface area contributed by atoms with Gasteiger partial charge in [-0.25, -0.2) is 4.79 Å². The smallest absolute Gasteiger partial charge is 0.410 e. The maximum Gasteiger partial charge on any atom is 0.410 e. The molecular weight excluding hydrogens is 451 g/mol. The molecule has 8 heteroatoms. The van der Waals surface area contributed by atoms with E-state index in [9.17, 15) is 4.79 Å². The van der Waals surface area contributed by atoms with Gasteiger partial charge in [0.05, 0.1) is 0 Å². The Bertz CT molecular complexity index is 529. The molecule has 6 nitrogen and oxygen atoms in total. The van der Waals surface area contributed by atoms with E-state index in [1.54, 1.807) is 30.3 Å². The molecule has 0 aliphatic rings. The van der Waals surface area contributed by atoms with Crippen LogP contribution in [-0.4, -0.2) is 56.3 Å². The van der Waals surface area contributed by atoms with Gasteiger partial charge in [0.25, 0.3) is 0 Å². The van der Waals surface area contributed by atoms with Gasteiger partial charge >= 0.3 is 6.09 Å². The van der Waals surface area contributed by atoms with E-state index in [2.05, 4.69) is 39.4 Å². The van der Waals surface area contributed by atoms with Crippen LogP contribution in [0.25, 0.3) is 0 Å². The number of halogens is 1. The number of hydrogen-bond donors (Lipinski definition) is 2. The summed E-state index contributed by atoms with van der Waals surface area (Å²) in [4.78, 5) is 17.6. The lowest BCUT2D eigenvalue weighted by molar-refractivity contribution is 0.0302. The Kier molecular flexibility index (Phi) is 11.1. The van der Waals surface area contributed by atoms with E-state index in [4.69, 9.17) is 4.74 Å². The van der Waals surface area contributed by atoms with Crippen LogP contribution in [0.3, 0.4) is 0 Å². The van der Waals surface area contributed by atoms with Gasteiger partial charge in [0, 0.05) is 33.7 Å². The molecule has 0 spiro atoms. The number of nitrogens with zero attached hydrogens (tertiary/aromatic N) is 2.